The van der Waals surface area contributed by atoms with Crippen molar-refractivity contribution >= 4 is 11.6 Å². The summed E-state index contributed by atoms with van der Waals surface area (Å²) in [6.07, 6.45) is 1.56. The maximum absolute atomic E-state index is 13.7. The molecule has 0 aliphatic heterocycles. The normalized spacial score (nSPS) is 12.2. The van der Waals surface area contributed by atoms with E-state index in [0.717, 1.165) is 0 Å². The van der Waals surface area contributed by atoms with Gasteiger partial charge in [-0.25, -0.2) is 9.37 Å². The van der Waals surface area contributed by atoms with Gasteiger partial charge in [-0.15, -0.1) is 0 Å². The molecule has 1 aromatic carbocycles. The minimum absolute atomic E-state index is 0.00535. The molecule has 0 unspecified atom stereocenters. The average molecular weight is 267 g/mol. The Hall–Kier alpha value is -1.65. The first-order valence-corrected chi connectivity index (χ1v) is 5.79. The number of rotatable bonds is 3. The number of hydrogen-bond acceptors (Lipinski definition) is 3. The van der Waals surface area contributed by atoms with Crippen LogP contribution in [-0.4, -0.2) is 4.98 Å². The lowest BCUT2D eigenvalue weighted by Gasteiger charge is -2.12. The first-order valence-electron chi connectivity index (χ1n) is 5.42. The highest BCUT2D eigenvalue weighted by molar-refractivity contribution is 6.30. The number of benzene rings is 1. The molecule has 5 heteroatoms. The molecular formula is C13H12ClFN2O. The zero-order valence-corrected chi connectivity index (χ0v) is 10.5. The molecule has 0 spiro atoms. The fourth-order valence-corrected chi connectivity index (χ4v) is 1.67. The van der Waals surface area contributed by atoms with Crippen molar-refractivity contribution in [3.05, 3.63) is 52.9 Å². The summed E-state index contributed by atoms with van der Waals surface area (Å²) in [7, 11) is 0. The van der Waals surface area contributed by atoms with Crippen molar-refractivity contribution in [2.24, 2.45) is 5.73 Å². The third-order valence-electron chi connectivity index (χ3n) is 2.41. The summed E-state index contributed by atoms with van der Waals surface area (Å²) in [6.45, 7) is 1.80. The summed E-state index contributed by atoms with van der Waals surface area (Å²) >= 11 is 5.68. The van der Waals surface area contributed by atoms with Crippen molar-refractivity contribution in [3.63, 3.8) is 0 Å². The maximum Gasteiger partial charge on any atom is 0.224 e. The van der Waals surface area contributed by atoms with Crippen molar-refractivity contribution in [3.8, 4) is 11.6 Å². The summed E-state index contributed by atoms with van der Waals surface area (Å²) < 4.78 is 19.1. The van der Waals surface area contributed by atoms with Crippen LogP contribution in [0.2, 0.25) is 5.02 Å². The van der Waals surface area contributed by atoms with Gasteiger partial charge in [0.05, 0.1) is 5.02 Å². The lowest BCUT2D eigenvalue weighted by molar-refractivity contribution is 0.420. The molecular weight excluding hydrogens is 255 g/mol. The Morgan fingerprint density at radius 3 is 2.83 bits per heavy atom. The van der Waals surface area contributed by atoms with Gasteiger partial charge in [-0.2, -0.15) is 0 Å². The largest absolute Gasteiger partial charge is 0.436 e. The van der Waals surface area contributed by atoms with Crippen molar-refractivity contribution in [1.29, 1.82) is 0 Å². The van der Waals surface area contributed by atoms with Gasteiger partial charge in [-0.05, 0) is 25.1 Å². The van der Waals surface area contributed by atoms with E-state index in [0.29, 0.717) is 5.56 Å². The van der Waals surface area contributed by atoms with E-state index < -0.39 is 5.82 Å². The van der Waals surface area contributed by atoms with E-state index in [-0.39, 0.29) is 22.7 Å². The molecule has 0 aliphatic rings. The van der Waals surface area contributed by atoms with Gasteiger partial charge in [0.2, 0.25) is 5.88 Å². The number of nitrogens with zero attached hydrogens (tertiary/aromatic N) is 1. The lowest BCUT2D eigenvalue weighted by atomic mass is 10.1. The third kappa shape index (κ3) is 2.60. The first-order chi connectivity index (χ1) is 8.59. The van der Waals surface area contributed by atoms with Gasteiger partial charge in [0, 0.05) is 17.8 Å². The second kappa shape index (κ2) is 5.33. The van der Waals surface area contributed by atoms with E-state index in [1.54, 1.807) is 31.3 Å². The fourth-order valence-electron chi connectivity index (χ4n) is 1.50. The van der Waals surface area contributed by atoms with E-state index >= 15 is 0 Å². The maximum atomic E-state index is 13.7. The van der Waals surface area contributed by atoms with Crippen molar-refractivity contribution in [2.75, 3.05) is 0 Å². The van der Waals surface area contributed by atoms with Crippen LogP contribution >= 0.6 is 11.6 Å². The van der Waals surface area contributed by atoms with Crippen molar-refractivity contribution < 1.29 is 9.13 Å². The standard InChI is InChI=1S/C13H12ClFN2O/c1-8(16)9-4-3-7-17-13(9)18-11-6-2-5-10(14)12(11)15/h2-8H,16H2,1H3/t8-/m0/s1. The zero-order valence-electron chi connectivity index (χ0n) is 9.73. The highest BCUT2D eigenvalue weighted by atomic mass is 35.5. The molecule has 1 atom stereocenters. The van der Waals surface area contributed by atoms with Crippen LogP contribution in [0.5, 0.6) is 11.6 Å². The molecule has 94 valence electrons. The summed E-state index contributed by atoms with van der Waals surface area (Å²) in [6, 6.07) is 7.83. The van der Waals surface area contributed by atoms with Crippen LogP contribution in [0.1, 0.15) is 18.5 Å². The van der Waals surface area contributed by atoms with E-state index in [9.17, 15) is 4.39 Å². The van der Waals surface area contributed by atoms with Crippen LogP contribution in [0.3, 0.4) is 0 Å². The van der Waals surface area contributed by atoms with Crippen LogP contribution < -0.4 is 10.5 Å². The van der Waals surface area contributed by atoms with Gasteiger partial charge in [0.1, 0.15) is 0 Å². The minimum atomic E-state index is -0.611. The molecule has 0 saturated heterocycles. The SMILES string of the molecule is C[C@H](N)c1cccnc1Oc1cccc(Cl)c1F. The van der Waals surface area contributed by atoms with Gasteiger partial charge < -0.3 is 10.5 Å². The minimum Gasteiger partial charge on any atom is -0.436 e. The Morgan fingerprint density at radius 1 is 1.33 bits per heavy atom. The number of halogens is 2. The van der Waals surface area contributed by atoms with Crippen LogP contribution in [0.15, 0.2) is 36.5 Å². The molecule has 2 rings (SSSR count). The monoisotopic (exact) mass is 266 g/mol. The molecule has 0 fully saturated rings. The van der Waals surface area contributed by atoms with E-state index in [1.807, 2.05) is 0 Å². The quantitative estimate of drug-likeness (QED) is 0.922. The van der Waals surface area contributed by atoms with Crippen molar-refractivity contribution in [2.45, 2.75) is 13.0 Å². The second-order valence-corrected chi connectivity index (χ2v) is 4.25. The van der Waals surface area contributed by atoms with E-state index in [1.165, 1.54) is 12.1 Å². The lowest BCUT2D eigenvalue weighted by Crippen LogP contribution is -2.07. The van der Waals surface area contributed by atoms with Gasteiger partial charge >= 0.3 is 0 Å². The number of nitrogens with two attached hydrogens (primary N) is 1. The summed E-state index contributed by atoms with van der Waals surface area (Å²) in [5.41, 5.74) is 6.50. The Labute approximate surface area is 109 Å². The van der Waals surface area contributed by atoms with Gasteiger partial charge in [-0.3, -0.25) is 0 Å². The molecule has 3 nitrogen and oxygen atoms in total. The van der Waals surface area contributed by atoms with Gasteiger partial charge in [-0.1, -0.05) is 23.7 Å². The molecule has 1 aromatic heterocycles. The van der Waals surface area contributed by atoms with Crippen LogP contribution in [0, 0.1) is 5.82 Å². The molecule has 0 aliphatic carbocycles. The first kappa shape index (κ1) is 12.8. The molecule has 0 saturated carbocycles. The van der Waals surface area contributed by atoms with Gasteiger partial charge in [0.25, 0.3) is 0 Å². The topological polar surface area (TPSA) is 48.1 Å². The van der Waals surface area contributed by atoms with E-state index in [4.69, 9.17) is 22.1 Å². The van der Waals surface area contributed by atoms with E-state index in [2.05, 4.69) is 4.98 Å². The Kier molecular flexibility index (Phi) is 3.79. The molecule has 2 N–H and O–H groups in total. The molecule has 2 aromatic rings. The molecule has 18 heavy (non-hydrogen) atoms. The number of pyridine rings is 1. The zero-order chi connectivity index (χ0) is 13.1. The average Bonchev–Trinajstić information content (AvgIpc) is 2.35. The summed E-state index contributed by atoms with van der Waals surface area (Å²) in [4.78, 5) is 4.05. The smallest absolute Gasteiger partial charge is 0.224 e. The fraction of sp³-hybridized carbons (Fsp3) is 0.154. The predicted octanol–water partition coefficient (Wildman–Crippen LogP) is 3.69. The van der Waals surface area contributed by atoms with Gasteiger partial charge in [0.15, 0.2) is 11.6 Å². The highest BCUT2D eigenvalue weighted by Crippen LogP contribution is 2.30. The number of aromatic nitrogens is 1. The van der Waals surface area contributed by atoms with Crippen LogP contribution in [0.25, 0.3) is 0 Å². The number of ether oxygens (including phenoxy) is 1. The Morgan fingerprint density at radius 2 is 2.11 bits per heavy atom. The molecule has 0 amide bonds. The number of hydrogen-bond donors (Lipinski definition) is 1. The van der Waals surface area contributed by atoms with Crippen LogP contribution in [0.4, 0.5) is 4.39 Å². The van der Waals surface area contributed by atoms with Crippen LogP contribution in [-0.2, 0) is 0 Å². The highest BCUT2D eigenvalue weighted by Gasteiger charge is 2.13. The summed E-state index contributed by atoms with van der Waals surface area (Å²) in [5.74, 6) is -0.294. The molecule has 1 heterocycles. The third-order valence-corrected chi connectivity index (χ3v) is 2.71. The predicted molar refractivity (Wildman–Crippen MR) is 68.3 cm³/mol. The van der Waals surface area contributed by atoms with Crippen molar-refractivity contribution in [1.82, 2.24) is 4.98 Å². The Bertz CT molecular complexity index is 560. The second-order valence-electron chi connectivity index (χ2n) is 3.84. The molecule has 0 bridgehead atoms. The Balaban J connectivity index is 2.37. The summed E-state index contributed by atoms with van der Waals surface area (Å²) in [5, 5.41) is 0.00535. The molecule has 0 radical (unpaired) electrons.